The smallest absolute Gasteiger partial charge is 0.305 e. The molecule has 0 aliphatic heterocycles. The largest absolute Gasteiger partial charge is 0.481 e. The molecule has 0 aliphatic rings. The van der Waals surface area contributed by atoms with E-state index in [2.05, 4.69) is 26.3 Å². The van der Waals surface area contributed by atoms with E-state index in [9.17, 15) is 33.9 Å². The number of Topliss-reactive ketones (excluding diaryl/α,β-unsaturated/α-hetero) is 1. The maximum absolute atomic E-state index is 13.6. The zero-order valence-corrected chi connectivity index (χ0v) is 28.4. The van der Waals surface area contributed by atoms with Gasteiger partial charge in [0.25, 0.3) is 0 Å². The standard InChI is InChI=1S/C32H45N9O7S/c1-19(2)27(28(46)29(33)49-41(21-11-6-4-7-12-21)22-13-8-5-9-14-22)40-31(48)24(17-26(44)45)39-25(43)18-37-30(47)23(38-20(3)42)15-10-16-36-32(34)35/h4-9,11-14,19,23-24,27,29H,10,15-18,33H2,1-3H3,(H,37,47)(H,38,42)(H,39,43)(H,40,48)(H,44,45)(H4,34,35,36). The Morgan fingerprint density at radius 3 is 1.92 bits per heavy atom. The maximum atomic E-state index is 13.6. The highest BCUT2D eigenvalue weighted by Crippen LogP contribution is 2.34. The number of anilines is 2. The monoisotopic (exact) mass is 699 g/mol. The number of carbonyl (C=O) groups excluding carboxylic acids is 5. The summed E-state index contributed by atoms with van der Waals surface area (Å²) in [6.07, 6.45) is -0.300. The van der Waals surface area contributed by atoms with Gasteiger partial charge < -0.3 is 43.6 Å². The van der Waals surface area contributed by atoms with Crippen molar-refractivity contribution in [3.05, 3.63) is 60.7 Å². The average molecular weight is 700 g/mol. The van der Waals surface area contributed by atoms with Crippen LogP contribution in [-0.2, 0) is 28.8 Å². The summed E-state index contributed by atoms with van der Waals surface area (Å²) in [7, 11) is 0. The third kappa shape index (κ3) is 14.2. The average Bonchev–Trinajstić information content (AvgIpc) is 3.05. The fourth-order valence-corrected chi connectivity index (χ4v) is 5.46. The normalized spacial score (nSPS) is 13.2. The molecule has 0 radical (unpaired) electrons. The number of nitrogens with two attached hydrogens (primary N) is 3. The molecular formula is C32H45N9O7S. The van der Waals surface area contributed by atoms with Gasteiger partial charge in [-0.1, -0.05) is 50.2 Å². The van der Waals surface area contributed by atoms with Gasteiger partial charge in [-0.3, -0.25) is 38.1 Å². The molecule has 2 aromatic carbocycles. The maximum Gasteiger partial charge on any atom is 0.305 e. The molecule has 11 N–H and O–H groups in total. The van der Waals surface area contributed by atoms with Crippen LogP contribution in [0.25, 0.3) is 0 Å². The Kier molecular flexibility index (Phi) is 16.5. The predicted molar refractivity (Wildman–Crippen MR) is 187 cm³/mol. The Balaban J connectivity index is 2.11. The second kappa shape index (κ2) is 20.3. The molecule has 266 valence electrons. The molecule has 4 amide bonds. The van der Waals surface area contributed by atoms with Crippen LogP contribution >= 0.6 is 11.9 Å². The molecule has 4 unspecified atom stereocenters. The number of ketones is 1. The van der Waals surface area contributed by atoms with Crippen LogP contribution < -0.4 is 42.8 Å². The van der Waals surface area contributed by atoms with E-state index >= 15 is 0 Å². The van der Waals surface area contributed by atoms with Gasteiger partial charge in [0.1, 0.15) is 17.5 Å². The second-order valence-electron chi connectivity index (χ2n) is 11.3. The molecule has 4 atom stereocenters. The number of para-hydroxylation sites is 2. The van der Waals surface area contributed by atoms with Gasteiger partial charge in [0.05, 0.1) is 30.4 Å². The number of amides is 4. The number of carboxylic acids is 1. The van der Waals surface area contributed by atoms with Crippen molar-refractivity contribution in [3.63, 3.8) is 0 Å². The van der Waals surface area contributed by atoms with Gasteiger partial charge in [-0.2, -0.15) is 0 Å². The molecule has 16 nitrogen and oxygen atoms in total. The zero-order valence-electron chi connectivity index (χ0n) is 27.6. The minimum absolute atomic E-state index is 0.124. The Morgan fingerprint density at radius 1 is 0.857 bits per heavy atom. The van der Waals surface area contributed by atoms with Gasteiger partial charge in [0.15, 0.2) is 11.7 Å². The lowest BCUT2D eigenvalue weighted by molar-refractivity contribution is -0.141. The lowest BCUT2D eigenvalue weighted by Crippen LogP contribution is -2.57. The van der Waals surface area contributed by atoms with Crippen LogP contribution in [0.3, 0.4) is 0 Å². The van der Waals surface area contributed by atoms with E-state index in [-0.39, 0.29) is 18.9 Å². The third-order valence-electron chi connectivity index (χ3n) is 6.84. The summed E-state index contributed by atoms with van der Waals surface area (Å²) in [6.45, 7) is 4.18. The summed E-state index contributed by atoms with van der Waals surface area (Å²) in [5, 5.41) is 18.0. The van der Waals surface area contributed by atoms with Crippen molar-refractivity contribution in [2.45, 2.75) is 63.5 Å². The van der Waals surface area contributed by atoms with Gasteiger partial charge in [0, 0.05) is 13.5 Å². The highest BCUT2D eigenvalue weighted by Gasteiger charge is 2.34. The molecular weight excluding hydrogens is 654 g/mol. The van der Waals surface area contributed by atoms with Crippen LogP contribution in [0.15, 0.2) is 65.7 Å². The predicted octanol–water partition coefficient (Wildman–Crippen LogP) is 0.102. The van der Waals surface area contributed by atoms with Crippen molar-refractivity contribution in [1.29, 1.82) is 0 Å². The second-order valence-corrected chi connectivity index (χ2v) is 12.3. The minimum atomic E-state index is -1.59. The van der Waals surface area contributed by atoms with E-state index < -0.39 is 77.8 Å². The topological polar surface area (TPSA) is 264 Å². The lowest BCUT2D eigenvalue weighted by atomic mass is 9.99. The number of rotatable bonds is 20. The first-order chi connectivity index (χ1) is 23.2. The van der Waals surface area contributed by atoms with Crippen molar-refractivity contribution >= 4 is 64.7 Å². The van der Waals surface area contributed by atoms with Gasteiger partial charge in [-0.05, 0) is 55.0 Å². The number of carbonyl (C=O) groups is 6. The number of guanidine groups is 1. The summed E-state index contributed by atoms with van der Waals surface area (Å²) in [5.41, 5.74) is 18.5. The van der Waals surface area contributed by atoms with Gasteiger partial charge in [0.2, 0.25) is 23.6 Å². The first-order valence-electron chi connectivity index (χ1n) is 15.5. The van der Waals surface area contributed by atoms with Crippen molar-refractivity contribution in [2.75, 3.05) is 17.4 Å². The Labute approximate surface area is 289 Å². The SMILES string of the molecule is CC(=O)NC(CCCN=C(N)N)C(=O)NCC(=O)NC(CC(=O)O)C(=O)NC(C(=O)C(N)SN(c1ccccc1)c1ccccc1)C(C)C. The summed E-state index contributed by atoms with van der Waals surface area (Å²) in [6, 6.07) is 14.8. The molecule has 17 heteroatoms. The molecule has 49 heavy (non-hydrogen) atoms. The van der Waals surface area contributed by atoms with E-state index in [0.717, 1.165) is 23.3 Å². The fraction of sp³-hybridized carbons (Fsp3) is 0.406. The number of hydrogen-bond acceptors (Lipinski definition) is 10. The number of aliphatic imine (C=N–C) groups is 1. The Morgan fingerprint density at radius 2 is 1.43 bits per heavy atom. The van der Waals surface area contributed by atoms with Crippen LogP contribution in [0.5, 0.6) is 0 Å². The molecule has 0 saturated heterocycles. The molecule has 0 saturated carbocycles. The number of hydrogen-bond donors (Lipinski definition) is 8. The van der Waals surface area contributed by atoms with Crippen LogP contribution in [-0.4, -0.2) is 83.0 Å². The highest BCUT2D eigenvalue weighted by molar-refractivity contribution is 8.02. The van der Waals surface area contributed by atoms with E-state index in [1.165, 1.54) is 6.92 Å². The van der Waals surface area contributed by atoms with E-state index in [1.807, 2.05) is 60.7 Å². The molecule has 0 heterocycles. The van der Waals surface area contributed by atoms with Crippen LogP contribution in [0, 0.1) is 5.92 Å². The number of carboxylic acid groups (broad SMARTS) is 1. The Hall–Kier alpha value is -5.16. The first-order valence-corrected chi connectivity index (χ1v) is 16.3. The van der Waals surface area contributed by atoms with E-state index in [4.69, 9.17) is 17.2 Å². The molecule has 0 spiro atoms. The quantitative estimate of drug-likeness (QED) is 0.0301. The third-order valence-corrected chi connectivity index (χ3v) is 7.94. The van der Waals surface area contributed by atoms with Crippen LogP contribution in [0.4, 0.5) is 11.4 Å². The summed E-state index contributed by atoms with van der Waals surface area (Å²) < 4.78 is 1.80. The number of nitrogens with one attached hydrogen (secondary N) is 4. The lowest BCUT2D eigenvalue weighted by Gasteiger charge is -2.30. The molecule has 2 rings (SSSR count). The molecule has 0 aromatic heterocycles. The summed E-state index contributed by atoms with van der Waals surface area (Å²) >= 11 is 1.05. The first kappa shape index (κ1) is 40.0. The summed E-state index contributed by atoms with van der Waals surface area (Å²) in [4.78, 5) is 79.4. The van der Waals surface area contributed by atoms with Crippen molar-refractivity contribution in [2.24, 2.45) is 28.1 Å². The van der Waals surface area contributed by atoms with Crippen LogP contribution in [0.2, 0.25) is 0 Å². The van der Waals surface area contributed by atoms with Crippen molar-refractivity contribution in [3.8, 4) is 0 Å². The van der Waals surface area contributed by atoms with Gasteiger partial charge >= 0.3 is 5.97 Å². The van der Waals surface area contributed by atoms with Gasteiger partial charge in [-0.25, -0.2) is 0 Å². The van der Waals surface area contributed by atoms with Crippen molar-refractivity contribution < 1.29 is 33.9 Å². The fourth-order valence-electron chi connectivity index (χ4n) is 4.50. The van der Waals surface area contributed by atoms with E-state index in [0.29, 0.717) is 6.42 Å². The number of benzene rings is 2. The number of nitrogens with zero attached hydrogens (tertiary/aromatic N) is 2. The van der Waals surface area contributed by atoms with Crippen molar-refractivity contribution in [1.82, 2.24) is 21.3 Å². The van der Waals surface area contributed by atoms with E-state index in [1.54, 1.807) is 18.2 Å². The van der Waals surface area contributed by atoms with Gasteiger partial charge in [-0.15, -0.1) is 0 Å². The molecule has 0 bridgehead atoms. The minimum Gasteiger partial charge on any atom is -0.481 e. The molecule has 0 aliphatic carbocycles. The molecule has 0 fully saturated rings. The zero-order chi connectivity index (χ0) is 36.5. The number of aliphatic carboxylic acids is 1. The summed E-state index contributed by atoms with van der Waals surface area (Å²) in [5.74, 6) is -5.47. The highest BCUT2D eigenvalue weighted by atomic mass is 32.2. The van der Waals surface area contributed by atoms with Crippen LogP contribution in [0.1, 0.15) is 40.0 Å². The molecule has 2 aromatic rings. The Bertz CT molecular complexity index is 1420.